The zero-order chi connectivity index (χ0) is 10.6. The van der Waals surface area contributed by atoms with Gasteiger partial charge in [-0.05, 0) is 12.1 Å². The highest BCUT2D eigenvalue weighted by atomic mass is 35.5. The van der Waals surface area contributed by atoms with Crippen molar-refractivity contribution in [2.24, 2.45) is 0 Å². The first-order valence-electron chi connectivity index (χ1n) is 3.58. The topological polar surface area (TPSA) is 38.3 Å². The van der Waals surface area contributed by atoms with E-state index in [4.69, 9.17) is 11.6 Å². The van der Waals surface area contributed by atoms with Gasteiger partial charge in [-0.1, -0.05) is 11.6 Å². The molecule has 1 aromatic carbocycles. The summed E-state index contributed by atoms with van der Waals surface area (Å²) in [5, 5.41) is 2.46. The zero-order valence-corrected chi connectivity index (χ0v) is 7.59. The van der Waals surface area contributed by atoms with Crippen molar-refractivity contribution in [3.63, 3.8) is 0 Å². The van der Waals surface area contributed by atoms with E-state index in [0.29, 0.717) is 6.41 Å². The molecule has 0 bridgehead atoms. The van der Waals surface area contributed by atoms with Gasteiger partial charge in [0.15, 0.2) is 5.75 Å². The van der Waals surface area contributed by atoms with Gasteiger partial charge in [0.25, 0.3) is 0 Å². The van der Waals surface area contributed by atoms with Crippen LogP contribution in [0.3, 0.4) is 0 Å². The zero-order valence-electron chi connectivity index (χ0n) is 6.84. The Labute approximate surface area is 83.6 Å². The summed E-state index contributed by atoms with van der Waals surface area (Å²) in [7, 11) is 0. The Morgan fingerprint density at radius 1 is 1.50 bits per heavy atom. The summed E-state index contributed by atoms with van der Waals surface area (Å²) < 4.78 is 27.9. The normalized spacial score (nSPS) is 10.0. The third-order valence-corrected chi connectivity index (χ3v) is 1.61. The van der Waals surface area contributed by atoms with Gasteiger partial charge in [0.2, 0.25) is 6.41 Å². The average Bonchev–Trinajstić information content (AvgIpc) is 2.09. The Balaban J connectivity index is 2.96. The smallest absolute Gasteiger partial charge is 0.387 e. The molecule has 1 amide bonds. The van der Waals surface area contributed by atoms with Crippen molar-refractivity contribution < 1.29 is 18.3 Å². The number of benzene rings is 1. The summed E-state index contributed by atoms with van der Waals surface area (Å²) in [6, 6.07) is 4.01. The monoisotopic (exact) mass is 221 g/mol. The molecule has 0 unspecified atom stereocenters. The molecule has 0 atom stereocenters. The average molecular weight is 222 g/mol. The molecule has 0 aliphatic carbocycles. The second-order valence-corrected chi connectivity index (χ2v) is 2.72. The maximum absolute atomic E-state index is 11.9. The van der Waals surface area contributed by atoms with Crippen molar-refractivity contribution in [1.82, 2.24) is 0 Å². The Bertz CT molecular complexity index is 333. The summed E-state index contributed by atoms with van der Waals surface area (Å²) in [4.78, 5) is 10.1. The summed E-state index contributed by atoms with van der Waals surface area (Å²) in [6.45, 7) is -2.96. The predicted octanol–water partition coefficient (Wildman–Crippen LogP) is 2.51. The van der Waals surface area contributed by atoms with Gasteiger partial charge in [0.05, 0.1) is 5.69 Å². The van der Waals surface area contributed by atoms with Crippen molar-refractivity contribution in [3.05, 3.63) is 23.2 Å². The SMILES string of the molecule is O=CNc1ccc(Cl)cc1OC(F)F. The third-order valence-electron chi connectivity index (χ3n) is 1.37. The second-order valence-electron chi connectivity index (χ2n) is 2.28. The largest absolute Gasteiger partial charge is 0.433 e. The van der Waals surface area contributed by atoms with E-state index in [1.54, 1.807) is 0 Å². The van der Waals surface area contributed by atoms with Crippen LogP contribution >= 0.6 is 11.6 Å². The second kappa shape index (κ2) is 4.76. The number of carbonyl (C=O) groups is 1. The van der Waals surface area contributed by atoms with E-state index in [2.05, 4.69) is 10.1 Å². The summed E-state index contributed by atoms with van der Waals surface area (Å²) in [6.07, 6.45) is 0.363. The highest BCUT2D eigenvalue weighted by molar-refractivity contribution is 6.30. The number of anilines is 1. The fraction of sp³-hybridized carbons (Fsp3) is 0.125. The number of ether oxygens (including phenoxy) is 1. The van der Waals surface area contributed by atoms with Crippen LogP contribution in [0.4, 0.5) is 14.5 Å². The van der Waals surface area contributed by atoms with Crippen molar-refractivity contribution >= 4 is 23.7 Å². The van der Waals surface area contributed by atoms with Crippen molar-refractivity contribution in [1.29, 1.82) is 0 Å². The molecular weight excluding hydrogens is 216 g/mol. The number of carbonyl (C=O) groups excluding carboxylic acids is 1. The van der Waals surface area contributed by atoms with Crippen molar-refractivity contribution in [2.45, 2.75) is 6.61 Å². The Kier molecular flexibility index (Phi) is 3.64. The van der Waals surface area contributed by atoms with E-state index in [1.807, 2.05) is 0 Å². The summed E-state index contributed by atoms with van der Waals surface area (Å²) in [5.74, 6) is -0.167. The lowest BCUT2D eigenvalue weighted by Crippen LogP contribution is -2.05. The fourth-order valence-electron chi connectivity index (χ4n) is 0.872. The molecule has 0 saturated heterocycles. The van der Waals surface area contributed by atoms with E-state index in [9.17, 15) is 13.6 Å². The Hall–Kier alpha value is -1.36. The fourth-order valence-corrected chi connectivity index (χ4v) is 1.03. The highest BCUT2D eigenvalue weighted by Gasteiger charge is 2.09. The molecule has 0 heterocycles. The number of hydrogen-bond donors (Lipinski definition) is 1. The summed E-state index contributed by atoms with van der Waals surface area (Å²) in [5.41, 5.74) is 0.143. The molecule has 0 aliphatic heterocycles. The quantitative estimate of drug-likeness (QED) is 0.794. The van der Waals surface area contributed by atoms with E-state index in [-0.39, 0.29) is 16.5 Å². The Morgan fingerprint density at radius 2 is 2.21 bits per heavy atom. The summed E-state index contributed by atoms with van der Waals surface area (Å²) >= 11 is 5.56. The molecular formula is C8H6ClF2NO2. The van der Waals surface area contributed by atoms with Gasteiger partial charge in [-0.3, -0.25) is 4.79 Å². The van der Waals surface area contributed by atoms with Crippen molar-refractivity contribution in [2.75, 3.05) is 5.32 Å². The van der Waals surface area contributed by atoms with Crippen LogP contribution in [0.2, 0.25) is 5.02 Å². The van der Waals surface area contributed by atoms with Gasteiger partial charge in [0, 0.05) is 11.1 Å². The molecule has 0 saturated carbocycles. The van der Waals surface area contributed by atoms with Crippen LogP contribution in [-0.2, 0) is 4.79 Å². The number of amides is 1. The molecule has 1 rings (SSSR count). The van der Waals surface area contributed by atoms with Crippen LogP contribution < -0.4 is 10.1 Å². The van der Waals surface area contributed by atoms with Gasteiger partial charge in [-0.15, -0.1) is 0 Å². The molecule has 6 heteroatoms. The molecule has 0 fully saturated rings. The van der Waals surface area contributed by atoms with Gasteiger partial charge in [0.1, 0.15) is 0 Å². The minimum atomic E-state index is -2.96. The minimum absolute atomic E-state index is 0.143. The lowest BCUT2D eigenvalue weighted by atomic mass is 10.3. The standard InChI is InChI=1S/C8H6ClF2NO2/c9-5-1-2-6(12-4-13)7(3-5)14-8(10)11/h1-4,8H,(H,12,13). The van der Waals surface area contributed by atoms with E-state index in [0.717, 1.165) is 0 Å². The van der Waals surface area contributed by atoms with Gasteiger partial charge >= 0.3 is 6.61 Å². The van der Waals surface area contributed by atoms with Gasteiger partial charge in [-0.2, -0.15) is 8.78 Å². The first-order chi connectivity index (χ1) is 6.63. The van der Waals surface area contributed by atoms with Crippen LogP contribution in [0.15, 0.2) is 18.2 Å². The molecule has 0 aliphatic rings. The molecule has 3 nitrogen and oxygen atoms in total. The number of halogens is 3. The molecule has 1 aromatic rings. The van der Waals surface area contributed by atoms with Crippen LogP contribution in [0, 0.1) is 0 Å². The molecule has 0 spiro atoms. The molecule has 0 radical (unpaired) electrons. The third kappa shape index (κ3) is 2.85. The number of hydrogen-bond acceptors (Lipinski definition) is 2. The van der Waals surface area contributed by atoms with Crippen LogP contribution in [-0.4, -0.2) is 13.0 Å². The molecule has 76 valence electrons. The lowest BCUT2D eigenvalue weighted by Gasteiger charge is -2.09. The maximum Gasteiger partial charge on any atom is 0.387 e. The number of nitrogens with one attached hydrogen (secondary N) is 1. The Morgan fingerprint density at radius 3 is 2.79 bits per heavy atom. The first kappa shape index (κ1) is 10.7. The van der Waals surface area contributed by atoms with E-state index < -0.39 is 6.61 Å². The van der Waals surface area contributed by atoms with Crippen LogP contribution in [0.5, 0.6) is 5.75 Å². The highest BCUT2D eigenvalue weighted by Crippen LogP contribution is 2.28. The minimum Gasteiger partial charge on any atom is -0.433 e. The number of alkyl halides is 2. The van der Waals surface area contributed by atoms with Crippen LogP contribution in [0.25, 0.3) is 0 Å². The molecule has 14 heavy (non-hydrogen) atoms. The number of rotatable bonds is 4. The first-order valence-corrected chi connectivity index (χ1v) is 3.96. The molecule has 0 aromatic heterocycles. The lowest BCUT2D eigenvalue weighted by molar-refractivity contribution is -0.105. The van der Waals surface area contributed by atoms with Gasteiger partial charge < -0.3 is 10.1 Å². The maximum atomic E-state index is 11.9. The molecule has 1 N–H and O–H groups in total. The van der Waals surface area contributed by atoms with Gasteiger partial charge in [-0.25, -0.2) is 0 Å². The van der Waals surface area contributed by atoms with Crippen LogP contribution in [0.1, 0.15) is 0 Å². The van der Waals surface area contributed by atoms with E-state index in [1.165, 1.54) is 18.2 Å². The van der Waals surface area contributed by atoms with Crippen molar-refractivity contribution in [3.8, 4) is 5.75 Å². The predicted molar refractivity (Wildman–Crippen MR) is 47.8 cm³/mol. The van der Waals surface area contributed by atoms with E-state index >= 15 is 0 Å².